The second-order valence-corrected chi connectivity index (χ2v) is 6.86. The molecule has 25 heavy (non-hydrogen) atoms. The van der Waals surface area contributed by atoms with Crippen molar-refractivity contribution in [2.24, 2.45) is 0 Å². The quantitative estimate of drug-likeness (QED) is 0.355. The molecule has 0 saturated heterocycles. The number of aromatic hydroxyl groups is 1. The van der Waals surface area contributed by atoms with E-state index in [1.807, 2.05) is 52.9 Å². The highest BCUT2D eigenvalue weighted by Crippen LogP contribution is 2.40. The zero-order chi connectivity index (χ0) is 17.6. The highest BCUT2D eigenvalue weighted by molar-refractivity contribution is 14.1. The fourth-order valence-electron chi connectivity index (χ4n) is 3.02. The van der Waals surface area contributed by atoms with Crippen LogP contribution in [0.1, 0.15) is 31.8 Å². The van der Waals surface area contributed by atoms with Crippen molar-refractivity contribution in [2.75, 3.05) is 5.32 Å². The van der Waals surface area contributed by atoms with Crippen LogP contribution in [0.4, 0.5) is 11.4 Å². The third-order valence-electron chi connectivity index (χ3n) is 4.18. The van der Waals surface area contributed by atoms with Crippen molar-refractivity contribution in [3.8, 4) is 5.75 Å². The molecule has 0 amide bonds. The largest absolute Gasteiger partial charge is 0.506 e. The second-order valence-electron chi connectivity index (χ2n) is 5.70. The number of halogens is 1. The van der Waals surface area contributed by atoms with Gasteiger partial charge < -0.3 is 10.4 Å². The monoisotopic (exact) mass is 441 g/mol. The summed E-state index contributed by atoms with van der Waals surface area (Å²) in [6.07, 6.45) is 0. The smallest absolute Gasteiger partial charge is 0.198 e. The van der Waals surface area contributed by atoms with E-state index in [1.54, 1.807) is 30.3 Å². The minimum atomic E-state index is -0.336. The van der Waals surface area contributed by atoms with Gasteiger partial charge >= 0.3 is 0 Å². The molecule has 0 bridgehead atoms. The van der Waals surface area contributed by atoms with Crippen LogP contribution in [-0.4, -0.2) is 16.7 Å². The maximum atomic E-state index is 13.0. The summed E-state index contributed by atoms with van der Waals surface area (Å²) in [6.45, 7) is 0. The molecular formula is C20H12INO3. The third-order valence-corrected chi connectivity index (χ3v) is 5.00. The average molecular weight is 441 g/mol. The van der Waals surface area contributed by atoms with Crippen molar-refractivity contribution in [3.05, 3.63) is 86.5 Å². The molecule has 0 radical (unpaired) electrons. The van der Waals surface area contributed by atoms with Gasteiger partial charge in [-0.05, 0) is 40.8 Å². The van der Waals surface area contributed by atoms with Gasteiger partial charge in [-0.2, -0.15) is 0 Å². The number of hydrogen-bond donors (Lipinski definition) is 2. The van der Waals surface area contributed by atoms with E-state index in [0.29, 0.717) is 20.4 Å². The van der Waals surface area contributed by atoms with Crippen LogP contribution in [0.15, 0.2) is 60.7 Å². The van der Waals surface area contributed by atoms with Crippen LogP contribution in [0.25, 0.3) is 0 Å². The van der Waals surface area contributed by atoms with E-state index in [0.717, 1.165) is 5.69 Å². The minimum Gasteiger partial charge on any atom is -0.506 e. The summed E-state index contributed by atoms with van der Waals surface area (Å²) in [6, 6.07) is 17.8. The second kappa shape index (κ2) is 6.00. The molecule has 0 atom stereocenters. The van der Waals surface area contributed by atoms with Crippen LogP contribution in [0.5, 0.6) is 5.75 Å². The summed E-state index contributed by atoms with van der Waals surface area (Å²) in [5.41, 5.74) is 2.26. The number of fused-ring (bicyclic) bond motifs is 2. The molecule has 1 aliphatic rings. The normalized spacial score (nSPS) is 12.5. The van der Waals surface area contributed by atoms with E-state index < -0.39 is 0 Å². The Hall–Kier alpha value is -2.67. The Kier molecular flexibility index (Phi) is 3.80. The molecule has 1 aliphatic carbocycles. The predicted molar refractivity (Wildman–Crippen MR) is 104 cm³/mol. The first-order valence-corrected chi connectivity index (χ1v) is 8.71. The number of ketones is 2. The van der Waals surface area contributed by atoms with Crippen molar-refractivity contribution >= 4 is 45.5 Å². The van der Waals surface area contributed by atoms with E-state index in [9.17, 15) is 14.7 Å². The van der Waals surface area contributed by atoms with E-state index in [4.69, 9.17) is 0 Å². The Morgan fingerprint density at radius 1 is 0.800 bits per heavy atom. The van der Waals surface area contributed by atoms with Gasteiger partial charge in [0.05, 0.1) is 20.4 Å². The molecule has 0 fully saturated rings. The molecule has 3 aromatic rings. The molecule has 0 unspecified atom stereocenters. The minimum absolute atomic E-state index is 0.0639. The molecular weight excluding hydrogens is 429 g/mol. The number of anilines is 2. The molecule has 4 nitrogen and oxygen atoms in total. The summed E-state index contributed by atoms with van der Waals surface area (Å²) in [4.78, 5) is 25.9. The predicted octanol–water partition coefficient (Wildman–Crippen LogP) is 4.52. The Balaban J connectivity index is 1.96. The van der Waals surface area contributed by atoms with Crippen LogP contribution in [0.3, 0.4) is 0 Å². The number of hydrogen-bond acceptors (Lipinski definition) is 4. The molecule has 2 N–H and O–H groups in total. The maximum Gasteiger partial charge on any atom is 0.198 e. The lowest BCUT2D eigenvalue weighted by Gasteiger charge is -2.22. The van der Waals surface area contributed by atoms with Gasteiger partial charge in [0.15, 0.2) is 11.6 Å². The zero-order valence-electron chi connectivity index (χ0n) is 12.9. The Bertz CT molecular complexity index is 1030. The van der Waals surface area contributed by atoms with E-state index in [-0.39, 0.29) is 28.4 Å². The van der Waals surface area contributed by atoms with Gasteiger partial charge in [0, 0.05) is 16.8 Å². The number of phenols is 1. The SMILES string of the molecule is O=C1c2ccccc2C(=O)c2c(O)c(I)cc(Nc3ccccc3)c21. The number of para-hydroxylation sites is 1. The Morgan fingerprint density at radius 2 is 1.36 bits per heavy atom. The first-order chi connectivity index (χ1) is 12.1. The highest BCUT2D eigenvalue weighted by Gasteiger charge is 2.35. The highest BCUT2D eigenvalue weighted by atomic mass is 127. The van der Waals surface area contributed by atoms with Crippen LogP contribution in [-0.2, 0) is 0 Å². The number of carbonyl (C=O) groups is 2. The lowest BCUT2D eigenvalue weighted by atomic mass is 9.82. The van der Waals surface area contributed by atoms with E-state index in [2.05, 4.69) is 5.32 Å². The van der Waals surface area contributed by atoms with Crippen LogP contribution >= 0.6 is 22.6 Å². The molecule has 0 spiro atoms. The fraction of sp³-hybridized carbons (Fsp3) is 0. The number of benzene rings is 3. The summed E-state index contributed by atoms with van der Waals surface area (Å²) in [5.74, 6) is -0.755. The molecule has 5 heteroatoms. The fourth-order valence-corrected chi connectivity index (χ4v) is 3.60. The summed E-state index contributed by atoms with van der Waals surface area (Å²) >= 11 is 1.96. The molecule has 4 rings (SSSR count). The van der Waals surface area contributed by atoms with Gasteiger partial charge in [0.25, 0.3) is 0 Å². The maximum absolute atomic E-state index is 13.0. The van der Waals surface area contributed by atoms with Crippen molar-refractivity contribution in [3.63, 3.8) is 0 Å². The van der Waals surface area contributed by atoms with Gasteiger partial charge in [0.1, 0.15) is 5.75 Å². The lowest BCUT2D eigenvalue weighted by molar-refractivity contribution is 0.0977. The Morgan fingerprint density at radius 3 is 2.00 bits per heavy atom. The lowest BCUT2D eigenvalue weighted by Crippen LogP contribution is -2.22. The first-order valence-electron chi connectivity index (χ1n) is 7.64. The average Bonchev–Trinajstić information content (AvgIpc) is 2.63. The molecule has 122 valence electrons. The Labute approximate surface area is 157 Å². The van der Waals surface area contributed by atoms with Crippen molar-refractivity contribution < 1.29 is 14.7 Å². The van der Waals surface area contributed by atoms with E-state index in [1.165, 1.54) is 0 Å². The summed E-state index contributed by atoms with van der Waals surface area (Å²) in [7, 11) is 0. The van der Waals surface area contributed by atoms with Crippen molar-refractivity contribution in [2.45, 2.75) is 0 Å². The van der Waals surface area contributed by atoms with Gasteiger partial charge in [0.2, 0.25) is 0 Å². The van der Waals surface area contributed by atoms with Crippen LogP contribution in [0.2, 0.25) is 0 Å². The van der Waals surface area contributed by atoms with Crippen molar-refractivity contribution in [1.29, 1.82) is 0 Å². The summed E-state index contributed by atoms with van der Waals surface area (Å²) in [5, 5.41) is 13.6. The van der Waals surface area contributed by atoms with Crippen LogP contribution in [0, 0.1) is 3.57 Å². The third kappa shape index (κ3) is 2.51. The standard InChI is InChI=1S/C20H12INO3/c21-14-10-15(22-11-6-2-1-3-7-11)16-17(20(14)25)19(24)13-9-5-4-8-12(13)18(16)23/h1-10,22,25H. The first kappa shape index (κ1) is 15.8. The summed E-state index contributed by atoms with van der Waals surface area (Å²) < 4.78 is 0.510. The van der Waals surface area contributed by atoms with Crippen molar-refractivity contribution in [1.82, 2.24) is 0 Å². The number of phenolic OH excluding ortho intramolecular Hbond substituents is 1. The molecule has 0 heterocycles. The molecule has 0 aliphatic heterocycles. The van der Waals surface area contributed by atoms with Gasteiger partial charge in [-0.1, -0.05) is 42.5 Å². The van der Waals surface area contributed by atoms with Gasteiger partial charge in [-0.15, -0.1) is 0 Å². The number of carbonyl (C=O) groups excluding carboxylic acids is 2. The zero-order valence-corrected chi connectivity index (χ0v) is 15.1. The van der Waals surface area contributed by atoms with E-state index >= 15 is 0 Å². The van der Waals surface area contributed by atoms with Gasteiger partial charge in [-0.3, -0.25) is 9.59 Å². The topological polar surface area (TPSA) is 66.4 Å². The number of nitrogens with one attached hydrogen (secondary N) is 1. The van der Waals surface area contributed by atoms with Gasteiger partial charge in [-0.25, -0.2) is 0 Å². The molecule has 3 aromatic carbocycles. The molecule has 0 aromatic heterocycles. The molecule has 0 saturated carbocycles. The van der Waals surface area contributed by atoms with Crippen LogP contribution < -0.4 is 5.32 Å². The number of rotatable bonds is 2.